The maximum absolute atomic E-state index is 13.6. The van der Waals surface area contributed by atoms with Gasteiger partial charge in [0.2, 0.25) is 0 Å². The Morgan fingerprint density at radius 3 is 2.82 bits per heavy atom. The fourth-order valence-electron chi connectivity index (χ4n) is 3.28. The van der Waals surface area contributed by atoms with E-state index in [0.29, 0.717) is 19.0 Å². The number of nitrogens with one attached hydrogen (secondary N) is 1. The van der Waals surface area contributed by atoms with Crippen LogP contribution in [0.2, 0.25) is 0 Å². The monoisotopic (exact) mass is 302 g/mol. The van der Waals surface area contributed by atoms with Crippen molar-refractivity contribution in [3.05, 3.63) is 42.0 Å². The number of rotatable bonds is 5. The standard InChI is InChI=1S/C17H23FN4/c18-14-7-4-8-15(11-14)22-17(13-5-2-1-3-6-13)16(12-21-22)20-10-9-19/h4,7-8,11-13,20H,1-3,5-6,9-10,19H2. The highest BCUT2D eigenvalue weighted by Crippen LogP contribution is 2.37. The highest BCUT2D eigenvalue weighted by atomic mass is 19.1. The molecule has 4 nitrogen and oxygen atoms in total. The normalized spacial score (nSPS) is 15.9. The van der Waals surface area contributed by atoms with E-state index in [1.54, 1.807) is 6.07 Å². The second-order valence-electron chi connectivity index (χ2n) is 5.89. The topological polar surface area (TPSA) is 55.9 Å². The first-order chi connectivity index (χ1) is 10.8. The molecule has 0 radical (unpaired) electrons. The summed E-state index contributed by atoms with van der Waals surface area (Å²) >= 11 is 0. The Kier molecular flexibility index (Phi) is 4.73. The van der Waals surface area contributed by atoms with E-state index in [0.717, 1.165) is 24.2 Å². The summed E-state index contributed by atoms with van der Waals surface area (Å²) in [7, 11) is 0. The predicted molar refractivity (Wildman–Crippen MR) is 86.9 cm³/mol. The van der Waals surface area contributed by atoms with Gasteiger partial charge in [0.05, 0.1) is 23.3 Å². The van der Waals surface area contributed by atoms with Gasteiger partial charge in [-0.15, -0.1) is 0 Å². The second kappa shape index (κ2) is 6.92. The Bertz CT molecular complexity index is 617. The van der Waals surface area contributed by atoms with Gasteiger partial charge in [-0.25, -0.2) is 9.07 Å². The molecule has 1 aliphatic rings. The molecule has 1 heterocycles. The SMILES string of the molecule is NCCNc1cnn(-c2cccc(F)c2)c1C1CCCCC1. The Balaban J connectivity index is 1.99. The van der Waals surface area contributed by atoms with Crippen LogP contribution in [0, 0.1) is 5.82 Å². The van der Waals surface area contributed by atoms with Crippen LogP contribution in [0.3, 0.4) is 0 Å². The third-order valence-electron chi connectivity index (χ3n) is 4.31. The molecule has 0 unspecified atom stereocenters. The summed E-state index contributed by atoms with van der Waals surface area (Å²) in [6.45, 7) is 1.30. The summed E-state index contributed by atoms with van der Waals surface area (Å²) < 4.78 is 15.4. The average Bonchev–Trinajstić information content (AvgIpc) is 2.97. The molecule has 0 bridgehead atoms. The minimum Gasteiger partial charge on any atom is -0.381 e. The summed E-state index contributed by atoms with van der Waals surface area (Å²) in [5, 5.41) is 7.87. The minimum absolute atomic E-state index is 0.237. The minimum atomic E-state index is -0.237. The first-order valence-electron chi connectivity index (χ1n) is 8.07. The quantitative estimate of drug-likeness (QED) is 0.889. The Morgan fingerprint density at radius 1 is 1.27 bits per heavy atom. The van der Waals surface area contributed by atoms with Gasteiger partial charge >= 0.3 is 0 Å². The van der Waals surface area contributed by atoms with Crippen LogP contribution in [-0.4, -0.2) is 22.9 Å². The molecule has 1 aromatic carbocycles. The number of halogens is 1. The molecule has 22 heavy (non-hydrogen) atoms. The molecule has 5 heteroatoms. The zero-order valence-corrected chi connectivity index (χ0v) is 12.8. The summed E-state index contributed by atoms with van der Waals surface area (Å²) in [6, 6.07) is 6.62. The molecule has 1 fully saturated rings. The number of hydrogen-bond donors (Lipinski definition) is 2. The molecule has 0 amide bonds. The second-order valence-corrected chi connectivity index (χ2v) is 5.89. The van der Waals surface area contributed by atoms with Crippen LogP contribution in [0.25, 0.3) is 5.69 Å². The lowest BCUT2D eigenvalue weighted by molar-refractivity contribution is 0.430. The van der Waals surface area contributed by atoms with Crippen molar-refractivity contribution in [1.82, 2.24) is 9.78 Å². The lowest BCUT2D eigenvalue weighted by Gasteiger charge is -2.24. The van der Waals surface area contributed by atoms with Crippen LogP contribution in [-0.2, 0) is 0 Å². The van der Waals surface area contributed by atoms with Crippen molar-refractivity contribution < 1.29 is 4.39 Å². The van der Waals surface area contributed by atoms with Gasteiger partial charge < -0.3 is 11.1 Å². The molecule has 118 valence electrons. The number of nitrogens with zero attached hydrogens (tertiary/aromatic N) is 2. The molecule has 1 aliphatic carbocycles. The Hall–Kier alpha value is -1.88. The lowest BCUT2D eigenvalue weighted by Crippen LogP contribution is -2.17. The van der Waals surface area contributed by atoms with E-state index in [4.69, 9.17) is 5.73 Å². The number of benzene rings is 1. The van der Waals surface area contributed by atoms with Crippen LogP contribution < -0.4 is 11.1 Å². The van der Waals surface area contributed by atoms with E-state index in [1.165, 1.54) is 37.1 Å². The third-order valence-corrected chi connectivity index (χ3v) is 4.31. The number of hydrogen-bond acceptors (Lipinski definition) is 3. The molecule has 2 aromatic rings. The van der Waals surface area contributed by atoms with Crippen LogP contribution in [0.15, 0.2) is 30.5 Å². The fourth-order valence-corrected chi connectivity index (χ4v) is 3.28. The van der Waals surface area contributed by atoms with Crippen molar-refractivity contribution in [3.8, 4) is 5.69 Å². The van der Waals surface area contributed by atoms with E-state index >= 15 is 0 Å². The van der Waals surface area contributed by atoms with Gasteiger partial charge in [0.25, 0.3) is 0 Å². The van der Waals surface area contributed by atoms with Crippen LogP contribution in [0.5, 0.6) is 0 Å². The molecule has 3 N–H and O–H groups in total. The van der Waals surface area contributed by atoms with Gasteiger partial charge in [-0.3, -0.25) is 0 Å². The average molecular weight is 302 g/mol. The van der Waals surface area contributed by atoms with Crippen molar-refractivity contribution in [3.63, 3.8) is 0 Å². The molecule has 0 atom stereocenters. The molecule has 0 saturated heterocycles. The molecule has 3 rings (SSSR count). The summed E-state index contributed by atoms with van der Waals surface area (Å²) in [5.74, 6) is 0.235. The van der Waals surface area contributed by atoms with Crippen LogP contribution in [0.1, 0.15) is 43.7 Å². The van der Waals surface area contributed by atoms with Gasteiger partial charge in [0, 0.05) is 19.0 Å². The van der Waals surface area contributed by atoms with Gasteiger partial charge in [-0.2, -0.15) is 5.10 Å². The van der Waals surface area contributed by atoms with Crippen molar-refractivity contribution in [1.29, 1.82) is 0 Å². The van der Waals surface area contributed by atoms with Gasteiger partial charge in [-0.05, 0) is 31.0 Å². The van der Waals surface area contributed by atoms with E-state index in [9.17, 15) is 4.39 Å². The van der Waals surface area contributed by atoms with Gasteiger partial charge in [-0.1, -0.05) is 25.3 Å². The van der Waals surface area contributed by atoms with Crippen LogP contribution in [0.4, 0.5) is 10.1 Å². The molecule has 0 spiro atoms. The highest BCUT2D eigenvalue weighted by Gasteiger charge is 2.24. The largest absolute Gasteiger partial charge is 0.381 e. The summed E-state index contributed by atoms with van der Waals surface area (Å²) in [4.78, 5) is 0. The van der Waals surface area contributed by atoms with Crippen LogP contribution >= 0.6 is 0 Å². The van der Waals surface area contributed by atoms with E-state index in [2.05, 4.69) is 10.4 Å². The number of aromatic nitrogens is 2. The lowest BCUT2D eigenvalue weighted by atomic mass is 9.86. The Morgan fingerprint density at radius 2 is 2.09 bits per heavy atom. The van der Waals surface area contributed by atoms with Crippen molar-refractivity contribution in [2.45, 2.75) is 38.0 Å². The molecular formula is C17H23FN4. The van der Waals surface area contributed by atoms with E-state index in [-0.39, 0.29) is 5.82 Å². The van der Waals surface area contributed by atoms with Gasteiger partial charge in [0.1, 0.15) is 5.82 Å². The molecule has 1 saturated carbocycles. The molecular weight excluding hydrogens is 279 g/mol. The molecule has 1 aromatic heterocycles. The fraction of sp³-hybridized carbons (Fsp3) is 0.471. The maximum Gasteiger partial charge on any atom is 0.125 e. The van der Waals surface area contributed by atoms with E-state index < -0.39 is 0 Å². The summed E-state index contributed by atoms with van der Waals surface area (Å²) in [6.07, 6.45) is 7.96. The number of nitrogens with two attached hydrogens (primary N) is 1. The molecule has 0 aliphatic heterocycles. The zero-order chi connectivity index (χ0) is 15.4. The van der Waals surface area contributed by atoms with Gasteiger partial charge in [0.15, 0.2) is 0 Å². The number of anilines is 1. The van der Waals surface area contributed by atoms with E-state index in [1.807, 2.05) is 16.9 Å². The van der Waals surface area contributed by atoms with Crippen molar-refractivity contribution >= 4 is 5.69 Å². The Labute approximate surface area is 130 Å². The maximum atomic E-state index is 13.6. The van der Waals surface area contributed by atoms with Crippen molar-refractivity contribution in [2.75, 3.05) is 18.4 Å². The predicted octanol–water partition coefficient (Wildman–Crippen LogP) is 3.43. The van der Waals surface area contributed by atoms with Crippen molar-refractivity contribution in [2.24, 2.45) is 5.73 Å². The first-order valence-corrected chi connectivity index (χ1v) is 8.07. The highest BCUT2D eigenvalue weighted by molar-refractivity contribution is 5.52. The zero-order valence-electron chi connectivity index (χ0n) is 12.8. The first kappa shape index (κ1) is 15.0. The third kappa shape index (κ3) is 3.14. The smallest absolute Gasteiger partial charge is 0.125 e. The summed E-state index contributed by atoms with van der Waals surface area (Å²) in [5.41, 5.74) is 8.58.